The van der Waals surface area contributed by atoms with Gasteiger partial charge in [-0.25, -0.2) is 15.0 Å². The number of thiophene rings is 1. The van der Waals surface area contributed by atoms with Crippen LogP contribution in [0.25, 0.3) is 32.4 Å². The summed E-state index contributed by atoms with van der Waals surface area (Å²) in [5, 5.41) is 9.01. The van der Waals surface area contributed by atoms with Gasteiger partial charge in [0, 0.05) is 51.3 Å². The molecule has 0 bridgehead atoms. The summed E-state index contributed by atoms with van der Waals surface area (Å²) in [5.41, 5.74) is 0.907. The molecule has 1 saturated carbocycles. The van der Waals surface area contributed by atoms with E-state index in [4.69, 9.17) is 14.7 Å². The first kappa shape index (κ1) is 19.8. The van der Waals surface area contributed by atoms with Crippen LogP contribution >= 0.6 is 11.3 Å². The summed E-state index contributed by atoms with van der Waals surface area (Å²) in [5.74, 6) is 2.17. The molecule has 1 aliphatic rings. The summed E-state index contributed by atoms with van der Waals surface area (Å²) in [6.45, 7) is 1.25. The average molecular weight is 438 g/mol. The van der Waals surface area contributed by atoms with Gasteiger partial charge in [-0.3, -0.25) is 4.68 Å². The van der Waals surface area contributed by atoms with Crippen LogP contribution in [0.4, 0.5) is 5.82 Å². The highest BCUT2D eigenvalue weighted by Crippen LogP contribution is 2.37. The minimum absolute atomic E-state index is 0.133. The van der Waals surface area contributed by atoms with Gasteiger partial charge in [-0.1, -0.05) is 0 Å². The molecule has 0 unspecified atom stereocenters. The molecule has 1 aliphatic carbocycles. The second-order valence-electron chi connectivity index (χ2n) is 7.75. The highest BCUT2D eigenvalue weighted by atomic mass is 32.1. The summed E-state index contributed by atoms with van der Waals surface area (Å²) in [6, 6.07) is 4.30. The van der Waals surface area contributed by atoms with Crippen molar-refractivity contribution < 1.29 is 9.53 Å². The van der Waals surface area contributed by atoms with E-state index in [1.807, 2.05) is 30.1 Å². The molecule has 0 atom stereocenters. The van der Waals surface area contributed by atoms with Crippen LogP contribution in [0, 0.1) is 5.92 Å². The Bertz CT molecular complexity index is 1220. The monoisotopic (exact) mass is 437 g/mol. The van der Waals surface area contributed by atoms with Crippen molar-refractivity contribution in [2.24, 2.45) is 13.0 Å². The zero-order chi connectivity index (χ0) is 21.4. The Balaban J connectivity index is 1.57. The van der Waals surface area contributed by atoms with Crippen LogP contribution in [0.3, 0.4) is 0 Å². The molecule has 0 amide bonds. The maximum Gasteiger partial charge on any atom is 0.199 e. The average Bonchev–Trinajstić information content (AvgIpc) is 3.47. The molecule has 1 N–H and O–H groups in total. The minimum atomic E-state index is 0.133. The smallest absolute Gasteiger partial charge is 0.199 e. The van der Waals surface area contributed by atoms with E-state index >= 15 is 0 Å². The van der Waals surface area contributed by atoms with Crippen LogP contribution < -0.4 is 5.32 Å². The van der Waals surface area contributed by atoms with Crippen LogP contribution in [-0.2, 0) is 23.1 Å². The van der Waals surface area contributed by atoms with Crippen LogP contribution in [0.5, 0.6) is 0 Å². The van der Waals surface area contributed by atoms with Gasteiger partial charge in [0.2, 0.25) is 0 Å². The maximum absolute atomic E-state index is 11.0. The Kier molecular flexibility index (Phi) is 5.24. The van der Waals surface area contributed by atoms with Crippen molar-refractivity contribution in [2.75, 3.05) is 19.0 Å². The van der Waals surface area contributed by atoms with E-state index in [1.54, 1.807) is 29.3 Å². The predicted molar refractivity (Wildman–Crippen MR) is 119 cm³/mol. The molecule has 5 rings (SSSR count). The van der Waals surface area contributed by atoms with Gasteiger partial charge in [-0.15, -0.1) is 11.3 Å². The zero-order valence-corrected chi connectivity index (χ0v) is 18.2. The lowest BCUT2D eigenvalue weighted by Crippen LogP contribution is -2.36. The number of methoxy groups -OCH3 is 1. The van der Waals surface area contributed by atoms with Gasteiger partial charge in [0.1, 0.15) is 22.6 Å². The number of hydrogen-bond acceptors (Lipinski definition) is 8. The Morgan fingerprint density at radius 2 is 2.19 bits per heavy atom. The molecule has 10 heteroatoms. The topological polar surface area (TPSA) is 99.8 Å². The number of nitrogens with zero attached hydrogens (tertiary/aromatic N) is 6. The molecule has 4 heterocycles. The molecule has 0 aromatic carbocycles. The Labute approximate surface area is 183 Å². The third-order valence-electron chi connectivity index (χ3n) is 5.52. The van der Waals surface area contributed by atoms with Gasteiger partial charge in [0.25, 0.3) is 0 Å². The first-order valence-electron chi connectivity index (χ1n) is 10.2. The number of imidazole rings is 1. The quantitative estimate of drug-likeness (QED) is 0.423. The highest BCUT2D eigenvalue weighted by molar-refractivity contribution is 7.21. The van der Waals surface area contributed by atoms with E-state index in [-0.39, 0.29) is 12.0 Å². The van der Waals surface area contributed by atoms with E-state index in [9.17, 15) is 4.79 Å². The lowest BCUT2D eigenvalue weighted by molar-refractivity contribution is -0.113. The number of aldehydes is 1. The fourth-order valence-electron chi connectivity index (χ4n) is 3.77. The van der Waals surface area contributed by atoms with Crippen molar-refractivity contribution in [3.63, 3.8) is 0 Å². The van der Waals surface area contributed by atoms with E-state index in [0.717, 1.165) is 45.7 Å². The fraction of sp³-hybridized carbons (Fsp3) is 0.381. The minimum Gasteiger partial charge on any atom is -0.383 e. The Hall–Kier alpha value is -3.11. The second kappa shape index (κ2) is 8.20. The number of aryl methyl sites for hydroxylation is 1. The standard InChI is InChI=1S/C21H23N7O2S/c1-27-5-3-16(26-27)17-11-15-18(23-14-9-13(10-14)12-29)24-19(25-21(15)31-17)20-22-4-6-28(20)7-8-30-2/h3-6,11-14H,7-10H2,1-2H3,(H,23,24,25). The number of anilines is 1. The van der Waals surface area contributed by atoms with Crippen molar-refractivity contribution >= 4 is 33.7 Å². The predicted octanol–water partition coefficient (Wildman–Crippen LogP) is 2.99. The van der Waals surface area contributed by atoms with Gasteiger partial charge >= 0.3 is 0 Å². The van der Waals surface area contributed by atoms with Crippen molar-refractivity contribution in [3.05, 3.63) is 30.7 Å². The summed E-state index contributed by atoms with van der Waals surface area (Å²) in [4.78, 5) is 27.1. The Morgan fingerprint density at radius 3 is 2.94 bits per heavy atom. The van der Waals surface area contributed by atoms with Crippen molar-refractivity contribution in [1.82, 2.24) is 29.3 Å². The van der Waals surface area contributed by atoms with E-state index < -0.39 is 0 Å². The van der Waals surface area contributed by atoms with Crippen molar-refractivity contribution in [2.45, 2.75) is 25.4 Å². The highest BCUT2D eigenvalue weighted by Gasteiger charge is 2.30. The van der Waals surface area contributed by atoms with E-state index in [0.29, 0.717) is 24.8 Å². The van der Waals surface area contributed by atoms with Gasteiger partial charge < -0.3 is 19.4 Å². The van der Waals surface area contributed by atoms with E-state index in [1.165, 1.54) is 0 Å². The summed E-state index contributed by atoms with van der Waals surface area (Å²) in [7, 11) is 3.58. The van der Waals surface area contributed by atoms with Crippen LogP contribution in [0.1, 0.15) is 12.8 Å². The van der Waals surface area contributed by atoms with Crippen molar-refractivity contribution in [1.29, 1.82) is 0 Å². The van der Waals surface area contributed by atoms with Crippen molar-refractivity contribution in [3.8, 4) is 22.2 Å². The number of ether oxygens (including phenoxy) is 1. The normalized spacial score (nSPS) is 18.3. The second-order valence-corrected chi connectivity index (χ2v) is 8.78. The number of carbonyl (C=O) groups is 1. The molecule has 4 aromatic rings. The molecule has 9 nitrogen and oxygen atoms in total. The maximum atomic E-state index is 11.0. The van der Waals surface area contributed by atoms with Gasteiger partial charge in [0.15, 0.2) is 11.6 Å². The van der Waals surface area contributed by atoms with Crippen LogP contribution in [0.15, 0.2) is 30.7 Å². The van der Waals surface area contributed by atoms with Gasteiger partial charge in [0.05, 0.1) is 16.9 Å². The molecule has 31 heavy (non-hydrogen) atoms. The number of hydrogen-bond donors (Lipinski definition) is 1. The summed E-state index contributed by atoms with van der Waals surface area (Å²) in [6.07, 6.45) is 8.27. The SMILES string of the molecule is COCCn1ccnc1-c1nc(NC2CC(C=O)C2)c2cc(-c3ccn(C)n3)sc2n1. The summed E-state index contributed by atoms with van der Waals surface area (Å²) >= 11 is 1.59. The molecule has 1 fully saturated rings. The molecule has 160 valence electrons. The molecule has 0 aliphatic heterocycles. The van der Waals surface area contributed by atoms with Gasteiger partial charge in [-0.2, -0.15) is 5.10 Å². The third kappa shape index (κ3) is 3.84. The first-order valence-corrected chi connectivity index (χ1v) is 11.0. The van der Waals surface area contributed by atoms with Gasteiger partial charge in [-0.05, 0) is 25.0 Å². The molecule has 0 radical (unpaired) electrons. The number of fused-ring (bicyclic) bond motifs is 1. The fourth-order valence-corrected chi connectivity index (χ4v) is 4.77. The third-order valence-corrected chi connectivity index (χ3v) is 6.57. The van der Waals surface area contributed by atoms with Crippen LogP contribution in [0.2, 0.25) is 0 Å². The number of nitrogens with one attached hydrogen (secondary N) is 1. The summed E-state index contributed by atoms with van der Waals surface area (Å²) < 4.78 is 8.99. The molecule has 0 saturated heterocycles. The first-order chi connectivity index (χ1) is 15.1. The Morgan fingerprint density at radius 1 is 1.32 bits per heavy atom. The molecular formula is C21H23N7O2S. The van der Waals surface area contributed by atoms with Crippen LogP contribution in [-0.4, -0.2) is 55.3 Å². The molecule has 4 aromatic heterocycles. The number of rotatable bonds is 8. The lowest BCUT2D eigenvalue weighted by Gasteiger charge is -2.32. The number of carbonyl (C=O) groups excluding carboxylic acids is 1. The molecule has 0 spiro atoms. The largest absolute Gasteiger partial charge is 0.383 e. The van der Waals surface area contributed by atoms with E-state index in [2.05, 4.69) is 21.5 Å². The lowest BCUT2D eigenvalue weighted by atomic mass is 9.81. The number of aromatic nitrogens is 6. The zero-order valence-electron chi connectivity index (χ0n) is 17.4. The molecular weight excluding hydrogens is 414 g/mol.